The van der Waals surface area contributed by atoms with E-state index in [4.69, 9.17) is 17.4 Å². The molecule has 0 aromatic heterocycles. The minimum Gasteiger partial charge on any atom is -0.293 e. The summed E-state index contributed by atoms with van der Waals surface area (Å²) in [6.45, 7) is 3.63. The van der Waals surface area contributed by atoms with E-state index in [1.54, 1.807) is 12.1 Å². The number of rotatable bonds is 3. The highest BCUT2D eigenvalue weighted by molar-refractivity contribution is 8.01. The summed E-state index contributed by atoms with van der Waals surface area (Å²) in [6.07, 6.45) is 0. The molecule has 0 unspecified atom stereocenters. The molecule has 1 aromatic carbocycles. The number of hydrogen-bond donors (Lipinski definition) is 2. The number of benzene rings is 1. The Morgan fingerprint density at radius 2 is 1.93 bits per heavy atom. The second-order valence-electron chi connectivity index (χ2n) is 3.54. The molecule has 0 radical (unpaired) electrons. The van der Waals surface area contributed by atoms with E-state index in [2.05, 4.69) is 5.43 Å². The van der Waals surface area contributed by atoms with Crippen LogP contribution in [0.1, 0.15) is 13.8 Å². The fraction of sp³-hybridized carbons (Fsp3) is 0.300. The van der Waals surface area contributed by atoms with Crippen LogP contribution >= 0.6 is 23.4 Å². The van der Waals surface area contributed by atoms with E-state index in [1.165, 1.54) is 11.8 Å². The first-order chi connectivity index (χ1) is 6.95. The molecular formula is C10H13ClN2OS. The summed E-state index contributed by atoms with van der Waals surface area (Å²) in [7, 11) is 0. The molecule has 5 heteroatoms. The number of nitrogens with two attached hydrogens (primary N) is 1. The lowest BCUT2D eigenvalue weighted by Gasteiger charge is -2.21. The van der Waals surface area contributed by atoms with Crippen molar-refractivity contribution in [2.75, 3.05) is 0 Å². The van der Waals surface area contributed by atoms with Gasteiger partial charge in [-0.15, -0.1) is 11.8 Å². The van der Waals surface area contributed by atoms with Gasteiger partial charge in [-0.25, -0.2) is 5.84 Å². The van der Waals surface area contributed by atoms with Crippen LogP contribution in [0.3, 0.4) is 0 Å². The predicted molar refractivity (Wildman–Crippen MR) is 63.7 cm³/mol. The number of hydrazine groups is 1. The Balaban J connectivity index is 2.77. The lowest BCUT2D eigenvalue weighted by atomic mass is 10.2. The first-order valence-electron chi connectivity index (χ1n) is 4.41. The average Bonchev–Trinajstić information content (AvgIpc) is 2.20. The number of hydrogen-bond acceptors (Lipinski definition) is 3. The molecule has 1 aromatic rings. The van der Waals surface area contributed by atoms with E-state index < -0.39 is 4.75 Å². The van der Waals surface area contributed by atoms with Crippen LogP contribution in [-0.2, 0) is 4.79 Å². The average molecular weight is 245 g/mol. The lowest BCUT2D eigenvalue weighted by molar-refractivity contribution is -0.122. The van der Waals surface area contributed by atoms with Crippen LogP contribution in [0.2, 0.25) is 5.02 Å². The maximum Gasteiger partial charge on any atom is 0.249 e. The Hall–Kier alpha value is -0.710. The second kappa shape index (κ2) is 4.88. The molecule has 0 saturated carbocycles. The number of amides is 1. The third kappa shape index (κ3) is 3.41. The van der Waals surface area contributed by atoms with E-state index in [1.807, 2.05) is 26.0 Å². The van der Waals surface area contributed by atoms with Crippen molar-refractivity contribution in [1.82, 2.24) is 5.43 Å². The third-order valence-corrected chi connectivity index (χ3v) is 3.32. The monoisotopic (exact) mass is 244 g/mol. The summed E-state index contributed by atoms with van der Waals surface area (Å²) in [6, 6.07) is 7.33. The number of nitrogens with one attached hydrogen (secondary N) is 1. The molecule has 0 aliphatic carbocycles. The van der Waals surface area contributed by atoms with Gasteiger partial charge in [-0.05, 0) is 38.1 Å². The zero-order valence-corrected chi connectivity index (χ0v) is 10.2. The molecule has 0 aliphatic heterocycles. The van der Waals surface area contributed by atoms with Gasteiger partial charge in [0.05, 0.1) is 4.75 Å². The summed E-state index contributed by atoms with van der Waals surface area (Å²) < 4.78 is -0.595. The van der Waals surface area contributed by atoms with Gasteiger partial charge in [0.1, 0.15) is 0 Å². The molecule has 82 valence electrons. The smallest absolute Gasteiger partial charge is 0.249 e. The summed E-state index contributed by atoms with van der Waals surface area (Å²) in [5, 5.41) is 0.681. The van der Waals surface area contributed by atoms with Crippen molar-refractivity contribution in [1.29, 1.82) is 0 Å². The quantitative estimate of drug-likeness (QED) is 0.371. The van der Waals surface area contributed by atoms with Gasteiger partial charge in [0, 0.05) is 9.92 Å². The Morgan fingerprint density at radius 1 is 1.40 bits per heavy atom. The molecule has 1 amide bonds. The predicted octanol–water partition coefficient (Wildman–Crippen LogP) is 2.20. The van der Waals surface area contributed by atoms with Crippen molar-refractivity contribution in [3.63, 3.8) is 0 Å². The molecule has 3 nitrogen and oxygen atoms in total. The van der Waals surface area contributed by atoms with Gasteiger partial charge in [-0.3, -0.25) is 10.2 Å². The van der Waals surface area contributed by atoms with Crippen molar-refractivity contribution in [2.24, 2.45) is 5.84 Å². The summed E-state index contributed by atoms with van der Waals surface area (Å²) in [5.41, 5.74) is 2.15. The molecule has 0 saturated heterocycles. The zero-order valence-electron chi connectivity index (χ0n) is 8.58. The number of halogens is 1. The SMILES string of the molecule is CC(C)(Sc1ccc(Cl)cc1)C(=O)NN. The van der Waals surface area contributed by atoms with Crippen LogP contribution in [0.25, 0.3) is 0 Å². The zero-order chi connectivity index (χ0) is 11.5. The van der Waals surface area contributed by atoms with Crippen LogP contribution in [-0.4, -0.2) is 10.7 Å². The maximum atomic E-state index is 11.4. The second-order valence-corrected chi connectivity index (χ2v) is 5.67. The highest BCUT2D eigenvalue weighted by Crippen LogP contribution is 2.32. The van der Waals surface area contributed by atoms with Gasteiger partial charge >= 0.3 is 0 Å². The molecule has 0 atom stereocenters. The van der Waals surface area contributed by atoms with Gasteiger partial charge in [0.15, 0.2) is 0 Å². The van der Waals surface area contributed by atoms with Crippen LogP contribution in [0, 0.1) is 0 Å². The van der Waals surface area contributed by atoms with E-state index >= 15 is 0 Å². The lowest BCUT2D eigenvalue weighted by Crippen LogP contribution is -2.43. The molecule has 0 aliphatic rings. The molecule has 0 fully saturated rings. The van der Waals surface area contributed by atoms with E-state index in [0.717, 1.165) is 4.90 Å². The van der Waals surface area contributed by atoms with Crippen molar-refractivity contribution < 1.29 is 4.79 Å². The molecule has 15 heavy (non-hydrogen) atoms. The minimum atomic E-state index is -0.595. The summed E-state index contributed by atoms with van der Waals surface area (Å²) in [4.78, 5) is 12.4. The molecule has 0 heterocycles. The Labute approximate surface area is 98.3 Å². The van der Waals surface area contributed by atoms with Crippen LogP contribution in [0.15, 0.2) is 29.2 Å². The van der Waals surface area contributed by atoms with Crippen molar-refractivity contribution >= 4 is 29.3 Å². The fourth-order valence-corrected chi connectivity index (χ4v) is 2.16. The largest absolute Gasteiger partial charge is 0.293 e. The number of thioether (sulfide) groups is 1. The number of carbonyl (C=O) groups excluding carboxylic acids is 1. The van der Waals surface area contributed by atoms with Gasteiger partial charge in [-0.1, -0.05) is 11.6 Å². The first-order valence-corrected chi connectivity index (χ1v) is 5.61. The van der Waals surface area contributed by atoms with Gasteiger partial charge in [-0.2, -0.15) is 0 Å². The van der Waals surface area contributed by atoms with Gasteiger partial charge in [0.2, 0.25) is 5.91 Å². The van der Waals surface area contributed by atoms with Gasteiger partial charge in [0.25, 0.3) is 0 Å². The Bertz CT molecular complexity index is 351. The maximum absolute atomic E-state index is 11.4. The van der Waals surface area contributed by atoms with Gasteiger partial charge < -0.3 is 0 Å². The molecule has 0 spiro atoms. The van der Waals surface area contributed by atoms with Crippen LogP contribution in [0.5, 0.6) is 0 Å². The van der Waals surface area contributed by atoms with E-state index in [-0.39, 0.29) is 5.91 Å². The third-order valence-electron chi connectivity index (χ3n) is 1.86. The Morgan fingerprint density at radius 3 is 2.40 bits per heavy atom. The molecule has 1 rings (SSSR count). The highest BCUT2D eigenvalue weighted by atomic mass is 35.5. The van der Waals surface area contributed by atoms with Crippen LogP contribution < -0.4 is 11.3 Å². The molecule has 0 bridgehead atoms. The van der Waals surface area contributed by atoms with E-state index in [9.17, 15) is 4.79 Å². The highest BCUT2D eigenvalue weighted by Gasteiger charge is 2.28. The van der Waals surface area contributed by atoms with Crippen LogP contribution in [0.4, 0.5) is 0 Å². The first kappa shape index (κ1) is 12.4. The Kier molecular flexibility index (Phi) is 4.02. The topological polar surface area (TPSA) is 55.1 Å². The molecular weight excluding hydrogens is 232 g/mol. The van der Waals surface area contributed by atoms with Crippen molar-refractivity contribution in [3.05, 3.63) is 29.3 Å². The molecule has 3 N–H and O–H groups in total. The number of carbonyl (C=O) groups is 1. The van der Waals surface area contributed by atoms with Crippen molar-refractivity contribution in [3.8, 4) is 0 Å². The summed E-state index contributed by atoms with van der Waals surface area (Å²) >= 11 is 7.20. The van der Waals surface area contributed by atoms with Crippen molar-refractivity contribution in [2.45, 2.75) is 23.5 Å². The normalized spacial score (nSPS) is 11.2. The van der Waals surface area contributed by atoms with E-state index in [0.29, 0.717) is 5.02 Å². The minimum absolute atomic E-state index is 0.206. The summed E-state index contributed by atoms with van der Waals surface area (Å²) in [5.74, 6) is 4.90. The fourth-order valence-electron chi connectivity index (χ4n) is 1.02. The standard InChI is InChI=1S/C10H13ClN2OS/c1-10(2,9(14)13-12)15-8-5-3-7(11)4-6-8/h3-6H,12H2,1-2H3,(H,13,14).